The van der Waals surface area contributed by atoms with Crippen molar-refractivity contribution >= 4 is 0 Å². The average molecular weight is 399 g/mol. The maximum absolute atomic E-state index is 12.5. The van der Waals surface area contributed by atoms with Crippen molar-refractivity contribution in [3.05, 3.63) is 52.7 Å². The Bertz CT molecular complexity index is 991. The fraction of sp³-hybridized carbons (Fsp3) is 0.350. The lowest BCUT2D eigenvalue weighted by Crippen LogP contribution is -2.47. The zero-order chi connectivity index (χ0) is 21.4. The molecule has 0 spiro atoms. The van der Waals surface area contributed by atoms with Gasteiger partial charge >= 0.3 is 6.36 Å². The van der Waals surface area contributed by atoms with Gasteiger partial charge in [0.2, 0.25) is 0 Å². The van der Waals surface area contributed by atoms with Crippen molar-refractivity contribution in [2.45, 2.75) is 12.3 Å². The molecule has 6 nitrogen and oxygen atoms in total. The van der Waals surface area contributed by atoms with Crippen LogP contribution in [0.25, 0.3) is 0 Å². The Labute approximate surface area is 165 Å². The highest BCUT2D eigenvalue weighted by Crippen LogP contribution is 2.54. The van der Waals surface area contributed by atoms with Crippen molar-refractivity contribution in [3.63, 3.8) is 0 Å². The molecule has 0 radical (unpaired) electrons. The summed E-state index contributed by atoms with van der Waals surface area (Å²) in [7, 11) is 1.86. The van der Waals surface area contributed by atoms with E-state index in [9.17, 15) is 29.0 Å². The van der Waals surface area contributed by atoms with Crippen molar-refractivity contribution in [2.75, 3.05) is 20.1 Å². The van der Waals surface area contributed by atoms with Crippen LogP contribution in [0.4, 0.5) is 13.2 Å². The highest BCUT2D eigenvalue weighted by Gasteiger charge is 2.54. The molecule has 2 N–H and O–H groups in total. The fourth-order valence-electron chi connectivity index (χ4n) is 4.08. The van der Waals surface area contributed by atoms with E-state index in [0.29, 0.717) is 24.2 Å². The molecule has 0 bridgehead atoms. The van der Waals surface area contributed by atoms with E-state index in [4.69, 9.17) is 5.73 Å². The van der Waals surface area contributed by atoms with Crippen LogP contribution in [0.3, 0.4) is 0 Å². The highest BCUT2D eigenvalue weighted by atomic mass is 19.4. The van der Waals surface area contributed by atoms with Crippen LogP contribution in [0.15, 0.2) is 47.2 Å². The third kappa shape index (κ3) is 3.40. The lowest BCUT2D eigenvalue weighted by molar-refractivity contribution is -0.274. The molecular weight excluding hydrogens is 383 g/mol. The van der Waals surface area contributed by atoms with Crippen molar-refractivity contribution < 1.29 is 17.9 Å². The van der Waals surface area contributed by atoms with Crippen LogP contribution in [-0.4, -0.2) is 31.4 Å². The normalized spacial score (nSPS) is 23.8. The minimum atomic E-state index is -4.83. The van der Waals surface area contributed by atoms with Crippen LogP contribution in [0.1, 0.15) is 11.5 Å². The number of nitriles is 3. The molecule has 0 unspecified atom stereocenters. The van der Waals surface area contributed by atoms with Gasteiger partial charge in [-0.25, -0.2) is 0 Å². The Morgan fingerprint density at radius 2 is 1.79 bits per heavy atom. The predicted octanol–water partition coefficient (Wildman–Crippen LogP) is 2.94. The Balaban J connectivity index is 2.17. The lowest BCUT2D eigenvalue weighted by Gasteiger charge is -2.45. The first-order chi connectivity index (χ1) is 13.7. The van der Waals surface area contributed by atoms with Crippen molar-refractivity contribution in [3.8, 4) is 24.0 Å². The second-order valence-electron chi connectivity index (χ2n) is 7.01. The van der Waals surface area contributed by atoms with E-state index in [1.54, 1.807) is 0 Å². The standard InChI is InChI=1S/C20H16F3N5O/c1-28-7-6-14-15(8-24)18(27)19(10-25,11-26)17(16(14)9-28)12-2-4-13(5-3-12)29-20(21,22)23/h2-6,16-17H,7,9,27H2,1H3/t16-,17+/m1/s1. The maximum Gasteiger partial charge on any atom is 0.573 e. The summed E-state index contributed by atoms with van der Waals surface area (Å²) in [4.78, 5) is 1.97. The predicted molar refractivity (Wildman–Crippen MR) is 95.4 cm³/mol. The van der Waals surface area contributed by atoms with E-state index >= 15 is 0 Å². The molecular formula is C20H16F3N5O. The second-order valence-corrected chi connectivity index (χ2v) is 7.01. The van der Waals surface area contributed by atoms with Crippen LogP contribution < -0.4 is 10.5 Å². The summed E-state index contributed by atoms with van der Waals surface area (Å²) in [5, 5.41) is 29.4. The molecule has 1 aromatic carbocycles. The molecule has 0 fully saturated rings. The monoisotopic (exact) mass is 399 g/mol. The Kier molecular flexibility index (Phi) is 5.00. The van der Waals surface area contributed by atoms with Gasteiger partial charge in [-0.1, -0.05) is 18.2 Å². The lowest BCUT2D eigenvalue weighted by atomic mass is 9.58. The fourth-order valence-corrected chi connectivity index (χ4v) is 4.08. The van der Waals surface area contributed by atoms with Gasteiger partial charge in [-0.2, -0.15) is 15.8 Å². The van der Waals surface area contributed by atoms with Gasteiger partial charge in [0.15, 0.2) is 5.41 Å². The summed E-state index contributed by atoms with van der Waals surface area (Å²) < 4.78 is 41.3. The Hall–Kier alpha value is -3.48. The van der Waals surface area contributed by atoms with Crippen molar-refractivity contribution in [1.29, 1.82) is 15.8 Å². The number of hydrogen-bond acceptors (Lipinski definition) is 6. The van der Waals surface area contributed by atoms with E-state index in [1.807, 2.05) is 36.2 Å². The number of ether oxygens (including phenoxy) is 1. The molecule has 148 valence electrons. The number of benzene rings is 1. The first-order valence-corrected chi connectivity index (χ1v) is 8.64. The van der Waals surface area contributed by atoms with Crippen LogP contribution in [0, 0.1) is 45.3 Å². The number of likely N-dealkylation sites (N-methyl/N-ethyl adjacent to an activating group) is 1. The summed E-state index contributed by atoms with van der Waals surface area (Å²) in [5.74, 6) is -1.57. The maximum atomic E-state index is 12.5. The summed E-state index contributed by atoms with van der Waals surface area (Å²) >= 11 is 0. The molecule has 0 saturated heterocycles. The van der Waals surface area contributed by atoms with Crippen LogP contribution in [0.2, 0.25) is 0 Å². The number of nitrogens with zero attached hydrogens (tertiary/aromatic N) is 4. The Morgan fingerprint density at radius 3 is 2.31 bits per heavy atom. The number of nitrogens with two attached hydrogens (primary N) is 1. The zero-order valence-electron chi connectivity index (χ0n) is 15.4. The molecule has 2 atom stereocenters. The topological polar surface area (TPSA) is 110 Å². The van der Waals surface area contributed by atoms with Gasteiger partial charge in [0.05, 0.1) is 23.4 Å². The third-order valence-electron chi connectivity index (χ3n) is 5.32. The van der Waals surface area contributed by atoms with Crippen LogP contribution in [0.5, 0.6) is 5.75 Å². The molecule has 1 aliphatic carbocycles. The van der Waals surface area contributed by atoms with Gasteiger partial charge < -0.3 is 15.4 Å². The summed E-state index contributed by atoms with van der Waals surface area (Å²) in [6.07, 6.45) is -2.99. The first kappa shape index (κ1) is 20.3. The number of halogens is 3. The summed E-state index contributed by atoms with van der Waals surface area (Å²) in [6, 6.07) is 11.0. The quantitative estimate of drug-likeness (QED) is 0.819. The molecule has 0 aromatic heterocycles. The SMILES string of the molecule is CN1CC=C2C(C#N)=C(N)C(C#N)(C#N)[C@@H](c3ccc(OC(F)(F)F)cc3)[C@@H]2C1. The summed E-state index contributed by atoms with van der Waals surface area (Å²) in [6.45, 7) is 1.03. The third-order valence-corrected chi connectivity index (χ3v) is 5.32. The molecule has 1 aromatic rings. The molecule has 0 saturated carbocycles. The van der Waals surface area contributed by atoms with Crippen LogP contribution in [-0.2, 0) is 0 Å². The van der Waals surface area contributed by atoms with E-state index < -0.39 is 29.4 Å². The van der Waals surface area contributed by atoms with E-state index in [-0.39, 0.29) is 11.3 Å². The van der Waals surface area contributed by atoms with Gasteiger partial charge in [0, 0.05) is 24.9 Å². The molecule has 9 heteroatoms. The van der Waals surface area contributed by atoms with Gasteiger partial charge in [0.1, 0.15) is 11.8 Å². The number of allylic oxidation sites excluding steroid dienone is 2. The van der Waals surface area contributed by atoms with Crippen molar-refractivity contribution in [1.82, 2.24) is 4.90 Å². The largest absolute Gasteiger partial charge is 0.573 e. The number of alkyl halides is 3. The summed E-state index contributed by atoms with van der Waals surface area (Å²) in [5.41, 5.74) is 5.46. The smallest absolute Gasteiger partial charge is 0.406 e. The van der Waals surface area contributed by atoms with Crippen LogP contribution >= 0.6 is 0 Å². The van der Waals surface area contributed by atoms with Gasteiger partial charge in [-0.3, -0.25) is 0 Å². The molecule has 1 aliphatic heterocycles. The van der Waals surface area contributed by atoms with E-state index in [0.717, 1.165) is 12.1 Å². The zero-order valence-corrected chi connectivity index (χ0v) is 15.4. The molecule has 3 rings (SSSR count). The van der Waals surface area contributed by atoms with Gasteiger partial charge in [0.25, 0.3) is 0 Å². The minimum absolute atomic E-state index is 0.125. The molecule has 0 amide bonds. The second kappa shape index (κ2) is 7.16. The first-order valence-electron chi connectivity index (χ1n) is 8.64. The van der Waals surface area contributed by atoms with Gasteiger partial charge in [-0.05, 0) is 30.3 Å². The van der Waals surface area contributed by atoms with Gasteiger partial charge in [-0.15, -0.1) is 13.2 Å². The number of hydrogen-bond donors (Lipinski definition) is 1. The molecule has 2 aliphatic rings. The number of rotatable bonds is 2. The average Bonchev–Trinajstić information content (AvgIpc) is 2.67. The Morgan fingerprint density at radius 1 is 1.17 bits per heavy atom. The molecule has 29 heavy (non-hydrogen) atoms. The minimum Gasteiger partial charge on any atom is -0.406 e. The van der Waals surface area contributed by atoms with E-state index in [2.05, 4.69) is 4.74 Å². The molecule has 1 heterocycles. The number of fused-ring (bicyclic) bond motifs is 1. The highest BCUT2D eigenvalue weighted by molar-refractivity contribution is 5.59. The van der Waals surface area contributed by atoms with Crippen molar-refractivity contribution in [2.24, 2.45) is 17.1 Å². The van der Waals surface area contributed by atoms with E-state index in [1.165, 1.54) is 12.1 Å².